The average molecular weight is 410 g/mol. The van der Waals surface area contributed by atoms with Crippen molar-refractivity contribution >= 4 is 17.4 Å². The third-order valence-electron chi connectivity index (χ3n) is 4.82. The lowest BCUT2D eigenvalue weighted by Crippen LogP contribution is -2.30. The Morgan fingerprint density at radius 2 is 1.90 bits per heavy atom. The Hall–Kier alpha value is -3.35. The topological polar surface area (TPSA) is 89.0 Å². The molecule has 0 bridgehead atoms. The van der Waals surface area contributed by atoms with Gasteiger partial charge in [-0.3, -0.25) is 14.6 Å². The summed E-state index contributed by atoms with van der Waals surface area (Å²) in [6.45, 7) is 6.87. The van der Waals surface area contributed by atoms with Gasteiger partial charge in [0.2, 0.25) is 0 Å². The first-order chi connectivity index (χ1) is 14.5. The van der Waals surface area contributed by atoms with Gasteiger partial charge in [-0.1, -0.05) is 13.0 Å². The van der Waals surface area contributed by atoms with E-state index in [1.807, 2.05) is 20.8 Å². The summed E-state index contributed by atoms with van der Waals surface area (Å²) >= 11 is 0. The molecule has 2 aromatic rings. The van der Waals surface area contributed by atoms with Crippen LogP contribution < -0.4 is 9.47 Å². The van der Waals surface area contributed by atoms with Gasteiger partial charge < -0.3 is 19.5 Å². The van der Waals surface area contributed by atoms with E-state index in [1.165, 1.54) is 4.90 Å². The van der Waals surface area contributed by atoms with Crippen molar-refractivity contribution < 1.29 is 24.2 Å². The number of carbonyl (C=O) groups excluding carboxylic acids is 2. The molecule has 3 rings (SSSR count). The van der Waals surface area contributed by atoms with E-state index in [2.05, 4.69) is 4.98 Å². The van der Waals surface area contributed by atoms with Crippen LogP contribution in [0, 0.1) is 0 Å². The molecule has 0 aliphatic carbocycles. The number of hydrogen-bond acceptors (Lipinski definition) is 6. The summed E-state index contributed by atoms with van der Waals surface area (Å²) in [5.41, 5.74) is 1.03. The second-order valence-electron chi connectivity index (χ2n) is 6.80. The monoisotopic (exact) mass is 410 g/mol. The number of benzene rings is 1. The highest BCUT2D eigenvalue weighted by Crippen LogP contribution is 2.41. The molecule has 1 aromatic heterocycles. The third-order valence-corrected chi connectivity index (χ3v) is 4.82. The van der Waals surface area contributed by atoms with Crippen molar-refractivity contribution in [1.29, 1.82) is 0 Å². The number of nitrogens with zero attached hydrogens (tertiary/aromatic N) is 2. The molecule has 0 spiro atoms. The third kappa shape index (κ3) is 4.01. The molecular formula is C23H26N2O5. The normalized spacial score (nSPS) is 18.0. The lowest BCUT2D eigenvalue weighted by molar-refractivity contribution is -0.139. The van der Waals surface area contributed by atoms with E-state index < -0.39 is 17.7 Å². The van der Waals surface area contributed by atoms with Crippen molar-refractivity contribution in [3.05, 3.63) is 59.4 Å². The minimum absolute atomic E-state index is 0.0339. The smallest absolute Gasteiger partial charge is 0.295 e. The van der Waals surface area contributed by atoms with Crippen LogP contribution in [0.1, 0.15) is 44.4 Å². The number of amides is 1. The Labute approximate surface area is 175 Å². The number of hydrogen-bond donors (Lipinski definition) is 1. The zero-order valence-corrected chi connectivity index (χ0v) is 17.4. The highest BCUT2D eigenvalue weighted by Gasteiger charge is 2.46. The lowest BCUT2D eigenvalue weighted by Gasteiger charge is -2.24. The van der Waals surface area contributed by atoms with E-state index in [-0.39, 0.29) is 11.3 Å². The molecule has 0 saturated carbocycles. The maximum absolute atomic E-state index is 12.9. The summed E-state index contributed by atoms with van der Waals surface area (Å²) in [6.07, 6.45) is 3.90. The van der Waals surface area contributed by atoms with Crippen LogP contribution in [-0.2, 0) is 9.59 Å². The Morgan fingerprint density at radius 3 is 2.53 bits per heavy atom. The number of pyridine rings is 1. The summed E-state index contributed by atoms with van der Waals surface area (Å²) in [7, 11) is 0. The average Bonchev–Trinajstić information content (AvgIpc) is 3.00. The molecule has 1 saturated heterocycles. The molecule has 1 aliphatic rings. The molecular weight excluding hydrogens is 384 g/mol. The molecule has 2 heterocycles. The van der Waals surface area contributed by atoms with Gasteiger partial charge in [0.1, 0.15) is 17.3 Å². The molecule has 1 aromatic carbocycles. The fraction of sp³-hybridized carbons (Fsp3) is 0.348. The van der Waals surface area contributed by atoms with Gasteiger partial charge in [0.05, 0.1) is 30.4 Å². The van der Waals surface area contributed by atoms with Crippen LogP contribution in [-0.4, -0.2) is 46.4 Å². The quantitative estimate of drug-likeness (QED) is 0.405. The number of likely N-dealkylation sites (tertiary alicyclic amines) is 1. The van der Waals surface area contributed by atoms with E-state index in [0.29, 0.717) is 48.8 Å². The summed E-state index contributed by atoms with van der Waals surface area (Å²) in [5, 5.41) is 11.2. The minimum Gasteiger partial charge on any atom is -0.507 e. The molecule has 1 N–H and O–H groups in total. The lowest BCUT2D eigenvalue weighted by atomic mass is 9.96. The first kappa shape index (κ1) is 21.4. The fourth-order valence-electron chi connectivity index (χ4n) is 3.61. The summed E-state index contributed by atoms with van der Waals surface area (Å²) in [5.74, 6) is -0.644. The largest absolute Gasteiger partial charge is 0.507 e. The van der Waals surface area contributed by atoms with Crippen molar-refractivity contribution in [2.75, 3.05) is 19.8 Å². The van der Waals surface area contributed by atoms with Gasteiger partial charge >= 0.3 is 0 Å². The Kier molecular flexibility index (Phi) is 6.72. The molecule has 1 fully saturated rings. The second kappa shape index (κ2) is 9.43. The number of ether oxygens (including phenoxy) is 2. The molecule has 7 nitrogen and oxygen atoms in total. The highest BCUT2D eigenvalue weighted by atomic mass is 16.5. The number of ketones is 1. The van der Waals surface area contributed by atoms with Crippen LogP contribution in [0.4, 0.5) is 0 Å². The van der Waals surface area contributed by atoms with Crippen LogP contribution in [0.5, 0.6) is 11.5 Å². The number of aliphatic hydroxyl groups is 1. The Morgan fingerprint density at radius 1 is 1.13 bits per heavy atom. The van der Waals surface area contributed by atoms with Crippen molar-refractivity contribution in [3.8, 4) is 11.5 Å². The van der Waals surface area contributed by atoms with Gasteiger partial charge in [-0.05, 0) is 44.0 Å². The molecule has 1 atom stereocenters. The van der Waals surface area contributed by atoms with Gasteiger partial charge in [-0.15, -0.1) is 0 Å². The number of Topliss-reactive ketones (excluding diaryl/α,β-unsaturated/α-hetero) is 1. The number of rotatable bonds is 8. The molecule has 7 heteroatoms. The molecule has 158 valence electrons. The van der Waals surface area contributed by atoms with Gasteiger partial charge in [-0.25, -0.2) is 0 Å². The van der Waals surface area contributed by atoms with Crippen LogP contribution >= 0.6 is 0 Å². The standard InChI is InChI=1S/C23H26N2O5/c1-4-12-25-20(15-8-7-11-24-14-15)19(22(27)23(25)28)21(26)17-10-9-16(29-5-2)13-18(17)30-6-3/h7-11,13-14,20,26H,4-6,12H2,1-3H3/b21-19-. The van der Waals surface area contributed by atoms with E-state index >= 15 is 0 Å². The molecule has 1 aliphatic heterocycles. The summed E-state index contributed by atoms with van der Waals surface area (Å²) in [6, 6.07) is 7.83. The maximum Gasteiger partial charge on any atom is 0.295 e. The zero-order valence-electron chi connectivity index (χ0n) is 17.4. The molecule has 0 radical (unpaired) electrons. The van der Waals surface area contributed by atoms with E-state index in [9.17, 15) is 14.7 Å². The predicted molar refractivity (Wildman–Crippen MR) is 112 cm³/mol. The summed E-state index contributed by atoms with van der Waals surface area (Å²) < 4.78 is 11.2. The first-order valence-corrected chi connectivity index (χ1v) is 10.1. The van der Waals surface area contributed by atoms with Crippen molar-refractivity contribution in [3.63, 3.8) is 0 Å². The molecule has 30 heavy (non-hydrogen) atoms. The SMILES string of the molecule is CCCN1C(=O)C(=O)/C(=C(\O)c2ccc(OCC)cc2OCC)C1c1cccnc1. The van der Waals surface area contributed by atoms with Crippen LogP contribution in [0.3, 0.4) is 0 Å². The Bertz CT molecular complexity index is 955. The number of aliphatic hydroxyl groups excluding tert-OH is 1. The van der Waals surface area contributed by atoms with E-state index in [4.69, 9.17) is 9.47 Å². The number of aromatic nitrogens is 1. The van der Waals surface area contributed by atoms with E-state index in [0.717, 1.165) is 0 Å². The van der Waals surface area contributed by atoms with Crippen LogP contribution in [0.15, 0.2) is 48.3 Å². The predicted octanol–water partition coefficient (Wildman–Crippen LogP) is 3.71. The maximum atomic E-state index is 12.9. The molecule has 1 unspecified atom stereocenters. The van der Waals surface area contributed by atoms with Crippen LogP contribution in [0.25, 0.3) is 5.76 Å². The van der Waals surface area contributed by atoms with Gasteiger partial charge in [0.25, 0.3) is 11.7 Å². The fourth-order valence-corrected chi connectivity index (χ4v) is 3.61. The van der Waals surface area contributed by atoms with E-state index in [1.54, 1.807) is 42.7 Å². The van der Waals surface area contributed by atoms with Gasteiger partial charge in [0, 0.05) is 25.0 Å². The number of carbonyl (C=O) groups is 2. The Balaban J connectivity index is 2.18. The van der Waals surface area contributed by atoms with Gasteiger partial charge in [-0.2, -0.15) is 0 Å². The van der Waals surface area contributed by atoms with Crippen molar-refractivity contribution in [2.24, 2.45) is 0 Å². The summed E-state index contributed by atoms with van der Waals surface area (Å²) in [4.78, 5) is 31.3. The van der Waals surface area contributed by atoms with Gasteiger partial charge in [0.15, 0.2) is 0 Å². The van der Waals surface area contributed by atoms with Crippen LogP contribution in [0.2, 0.25) is 0 Å². The second-order valence-corrected chi connectivity index (χ2v) is 6.80. The van der Waals surface area contributed by atoms with Crippen molar-refractivity contribution in [2.45, 2.75) is 33.2 Å². The zero-order chi connectivity index (χ0) is 21.7. The minimum atomic E-state index is -0.717. The highest BCUT2D eigenvalue weighted by molar-refractivity contribution is 6.46. The van der Waals surface area contributed by atoms with Crippen molar-refractivity contribution in [1.82, 2.24) is 9.88 Å². The first-order valence-electron chi connectivity index (χ1n) is 10.1. The molecule has 1 amide bonds.